The molecule has 11 heteroatoms. The third-order valence-electron chi connectivity index (χ3n) is 8.55. The van der Waals surface area contributed by atoms with E-state index in [4.69, 9.17) is 33.2 Å². The van der Waals surface area contributed by atoms with E-state index in [1.54, 1.807) is 36.7 Å². The van der Waals surface area contributed by atoms with E-state index in [1.807, 2.05) is 36.4 Å². The van der Waals surface area contributed by atoms with Gasteiger partial charge in [-0.3, -0.25) is 19.6 Å². The number of pyridine rings is 4. The molecule has 0 saturated heterocycles. The third-order valence-corrected chi connectivity index (χ3v) is 9.02. The zero-order valence-corrected chi connectivity index (χ0v) is 26.5. The Morgan fingerprint density at radius 1 is 0.596 bits per heavy atom. The summed E-state index contributed by atoms with van der Waals surface area (Å²) in [7, 11) is 0. The van der Waals surface area contributed by atoms with E-state index in [-0.39, 0.29) is 11.6 Å². The van der Waals surface area contributed by atoms with Crippen molar-refractivity contribution in [2.24, 2.45) is 0 Å². The zero-order chi connectivity index (χ0) is 32.1. The fourth-order valence-corrected chi connectivity index (χ4v) is 6.71. The average Bonchev–Trinajstić information content (AvgIpc) is 3.07. The highest BCUT2D eigenvalue weighted by molar-refractivity contribution is 6.32. The monoisotopic (exact) mass is 659 g/mol. The number of allylic oxidation sites excluding steroid dienone is 2. The molecule has 4 heterocycles. The van der Waals surface area contributed by atoms with Crippen LogP contribution < -0.4 is 16.0 Å². The second-order valence-corrected chi connectivity index (χ2v) is 12.4. The van der Waals surface area contributed by atoms with Gasteiger partial charge in [0.2, 0.25) is 0 Å². The maximum atomic E-state index is 13.0. The molecule has 0 fully saturated rings. The van der Waals surface area contributed by atoms with Gasteiger partial charge in [0.05, 0.1) is 44.8 Å². The summed E-state index contributed by atoms with van der Waals surface area (Å²) in [5, 5.41) is 14.8. The SMILES string of the molecule is O=C1C=C(NCCCNCCCNC2=CC(=O)c3ccnc4c3c2nc2cc(Cl)ccc24)c2nc3cc(Cl)ccc3c3nccc1c23. The Labute approximate surface area is 279 Å². The van der Waals surface area contributed by atoms with Crippen molar-refractivity contribution >= 4 is 89.8 Å². The minimum absolute atomic E-state index is 0.0638. The van der Waals surface area contributed by atoms with Crippen LogP contribution in [0.4, 0.5) is 0 Å². The van der Waals surface area contributed by atoms with Crippen LogP contribution in [-0.2, 0) is 0 Å². The Kier molecular flexibility index (Phi) is 7.52. The first kappa shape index (κ1) is 29.4. The first-order valence-electron chi connectivity index (χ1n) is 15.4. The Morgan fingerprint density at radius 3 is 1.53 bits per heavy atom. The predicted molar refractivity (Wildman–Crippen MR) is 187 cm³/mol. The fourth-order valence-electron chi connectivity index (χ4n) is 6.38. The summed E-state index contributed by atoms with van der Waals surface area (Å²) in [6, 6.07) is 14.6. The molecule has 0 spiro atoms. The molecule has 2 aromatic carbocycles. The summed E-state index contributed by atoms with van der Waals surface area (Å²) in [5.74, 6) is -0.128. The summed E-state index contributed by atoms with van der Waals surface area (Å²) < 4.78 is 0. The van der Waals surface area contributed by atoms with Gasteiger partial charge in [0.15, 0.2) is 11.6 Å². The minimum atomic E-state index is -0.0638. The highest BCUT2D eigenvalue weighted by Gasteiger charge is 2.25. The van der Waals surface area contributed by atoms with E-state index in [9.17, 15) is 9.59 Å². The molecule has 0 atom stereocenters. The third kappa shape index (κ3) is 5.26. The van der Waals surface area contributed by atoms with Crippen LogP contribution >= 0.6 is 23.2 Å². The van der Waals surface area contributed by atoms with Crippen LogP contribution in [0.2, 0.25) is 10.0 Å². The first-order valence-corrected chi connectivity index (χ1v) is 16.2. The minimum Gasteiger partial charge on any atom is -0.383 e. The van der Waals surface area contributed by atoms with Crippen LogP contribution in [0.5, 0.6) is 0 Å². The van der Waals surface area contributed by atoms with Crippen molar-refractivity contribution in [1.29, 1.82) is 0 Å². The molecule has 232 valence electrons. The fraction of sp³-hybridized carbons (Fsp3) is 0.167. The number of hydrogen-bond acceptors (Lipinski definition) is 9. The number of benzene rings is 2. The molecule has 3 N–H and O–H groups in total. The number of rotatable bonds is 10. The quantitative estimate of drug-likeness (QED) is 0.112. The van der Waals surface area contributed by atoms with Gasteiger partial charge in [0, 0.05) is 80.4 Å². The number of hydrogen-bond donors (Lipinski definition) is 3. The van der Waals surface area contributed by atoms with Gasteiger partial charge < -0.3 is 16.0 Å². The molecular formula is C36H27Cl2N7O2. The Bertz CT molecular complexity index is 2210. The number of nitrogens with one attached hydrogen (secondary N) is 3. The van der Waals surface area contributed by atoms with Crippen LogP contribution in [-0.4, -0.2) is 57.7 Å². The van der Waals surface area contributed by atoms with Gasteiger partial charge in [-0.1, -0.05) is 23.2 Å². The van der Waals surface area contributed by atoms with Gasteiger partial charge in [-0.05, 0) is 74.5 Å². The molecule has 8 rings (SSSR count). The van der Waals surface area contributed by atoms with E-state index in [1.165, 1.54) is 0 Å². The van der Waals surface area contributed by atoms with Crippen LogP contribution in [0.15, 0.2) is 73.1 Å². The van der Waals surface area contributed by atoms with Crippen molar-refractivity contribution in [3.63, 3.8) is 0 Å². The highest BCUT2D eigenvalue weighted by atomic mass is 35.5. The molecule has 4 aromatic heterocycles. The maximum Gasteiger partial charge on any atom is 0.188 e. The lowest BCUT2D eigenvalue weighted by Gasteiger charge is -2.20. The van der Waals surface area contributed by atoms with Crippen molar-refractivity contribution in [3.8, 4) is 0 Å². The van der Waals surface area contributed by atoms with Gasteiger partial charge >= 0.3 is 0 Å². The van der Waals surface area contributed by atoms with E-state index in [0.29, 0.717) is 57.0 Å². The molecule has 0 radical (unpaired) electrons. The van der Waals surface area contributed by atoms with Crippen molar-refractivity contribution in [2.45, 2.75) is 12.8 Å². The number of aromatic nitrogens is 4. The van der Waals surface area contributed by atoms with Crippen molar-refractivity contribution in [2.75, 3.05) is 26.2 Å². The molecule has 47 heavy (non-hydrogen) atoms. The van der Waals surface area contributed by atoms with Gasteiger partial charge in [-0.15, -0.1) is 0 Å². The molecule has 0 aliphatic heterocycles. The number of ketones is 2. The lowest BCUT2D eigenvalue weighted by molar-refractivity contribution is 0.104. The van der Waals surface area contributed by atoms with E-state index in [2.05, 4.69) is 25.9 Å². The van der Waals surface area contributed by atoms with Gasteiger partial charge in [-0.25, -0.2) is 9.97 Å². The predicted octanol–water partition coefficient (Wildman–Crippen LogP) is 6.51. The van der Waals surface area contributed by atoms with Crippen molar-refractivity contribution in [1.82, 2.24) is 35.9 Å². The molecule has 6 aromatic rings. The van der Waals surface area contributed by atoms with E-state index < -0.39 is 0 Å². The van der Waals surface area contributed by atoms with E-state index in [0.717, 1.165) is 69.5 Å². The Morgan fingerprint density at radius 2 is 1.06 bits per heavy atom. The standard InChI is InChI=1S/C36H27Cl2N7O2/c37-19-3-5-21-25(15-19)44-35-27(17-29(46)23-7-13-42-33(21)31(23)35)40-11-1-9-39-10-2-12-41-28-18-30(47)24-8-14-43-34-22-6-4-20(38)16-26(22)45-36(28)32(24)34/h3-8,13-18,39-41H,1-2,9-12H2. The molecule has 2 aliphatic carbocycles. The molecule has 0 saturated carbocycles. The molecule has 2 aliphatic rings. The lowest BCUT2D eigenvalue weighted by atomic mass is 9.94. The van der Waals surface area contributed by atoms with E-state index >= 15 is 0 Å². The topological polar surface area (TPSA) is 122 Å². The van der Waals surface area contributed by atoms with Crippen LogP contribution in [0.1, 0.15) is 44.9 Å². The number of nitrogens with zero attached hydrogens (tertiary/aromatic N) is 4. The van der Waals surface area contributed by atoms with Crippen LogP contribution in [0.25, 0.3) is 55.0 Å². The molecule has 0 amide bonds. The molecular weight excluding hydrogens is 633 g/mol. The number of carbonyl (C=O) groups is 2. The summed E-state index contributed by atoms with van der Waals surface area (Å²) in [6.45, 7) is 2.90. The van der Waals surface area contributed by atoms with Gasteiger partial charge in [-0.2, -0.15) is 0 Å². The smallest absolute Gasteiger partial charge is 0.188 e. The summed E-state index contributed by atoms with van der Waals surface area (Å²) in [6.07, 6.45) is 8.24. The summed E-state index contributed by atoms with van der Waals surface area (Å²) in [5.41, 5.74) is 6.99. The van der Waals surface area contributed by atoms with Crippen LogP contribution in [0.3, 0.4) is 0 Å². The Balaban J connectivity index is 0.869. The summed E-state index contributed by atoms with van der Waals surface area (Å²) >= 11 is 12.5. The highest BCUT2D eigenvalue weighted by Crippen LogP contribution is 2.36. The maximum absolute atomic E-state index is 13.0. The number of halogens is 2. The Hall–Kier alpha value is -4.96. The lowest BCUT2D eigenvalue weighted by Crippen LogP contribution is -2.26. The van der Waals surface area contributed by atoms with Gasteiger partial charge in [0.25, 0.3) is 0 Å². The average molecular weight is 661 g/mol. The second-order valence-electron chi connectivity index (χ2n) is 11.6. The number of carbonyl (C=O) groups excluding carboxylic acids is 2. The van der Waals surface area contributed by atoms with Crippen molar-refractivity contribution < 1.29 is 9.59 Å². The largest absolute Gasteiger partial charge is 0.383 e. The number of fused-ring (bicyclic) bond motifs is 4. The van der Waals surface area contributed by atoms with Crippen molar-refractivity contribution in [3.05, 3.63) is 106 Å². The zero-order valence-electron chi connectivity index (χ0n) is 25.0. The summed E-state index contributed by atoms with van der Waals surface area (Å²) in [4.78, 5) is 44.9. The normalized spacial score (nSPS) is 13.8. The molecule has 0 bridgehead atoms. The molecule has 0 unspecified atom stereocenters. The van der Waals surface area contributed by atoms with Gasteiger partial charge in [0.1, 0.15) is 0 Å². The van der Waals surface area contributed by atoms with Crippen LogP contribution in [0, 0.1) is 0 Å². The molecule has 9 nitrogen and oxygen atoms in total. The first-order chi connectivity index (χ1) is 23.0. The second kappa shape index (κ2) is 12.0.